The molecule has 1 aromatic carbocycles. The standard InChI is InChI=1S/C16H22O3/c1-5-14(19-11(2)17)15(3,4)16(18)10-12-8-6-7-9-13(12)16/h6-9,14,18H,5,10H2,1-4H3/t14-,16-/m0/s1. The SMILES string of the molecule is CC[C@H](OC(C)=O)C(C)(C)[C@]1(O)Cc2ccccc21. The lowest BCUT2D eigenvalue weighted by atomic mass is 9.57. The van der Waals surface area contributed by atoms with Crippen molar-refractivity contribution in [2.75, 3.05) is 0 Å². The van der Waals surface area contributed by atoms with Crippen LogP contribution in [-0.4, -0.2) is 17.2 Å². The van der Waals surface area contributed by atoms with E-state index in [1.165, 1.54) is 12.5 Å². The molecule has 3 nitrogen and oxygen atoms in total. The maximum atomic E-state index is 11.2. The maximum Gasteiger partial charge on any atom is 0.302 e. The summed E-state index contributed by atoms with van der Waals surface area (Å²) < 4.78 is 5.40. The van der Waals surface area contributed by atoms with Gasteiger partial charge in [0.15, 0.2) is 0 Å². The van der Waals surface area contributed by atoms with Crippen LogP contribution in [0.4, 0.5) is 0 Å². The third-order valence-electron chi connectivity index (χ3n) is 4.46. The second-order valence-corrected chi connectivity index (χ2v) is 5.92. The number of rotatable bonds is 4. The third kappa shape index (κ3) is 2.06. The Morgan fingerprint density at radius 3 is 2.63 bits per heavy atom. The van der Waals surface area contributed by atoms with Crippen LogP contribution >= 0.6 is 0 Å². The molecule has 2 atom stereocenters. The van der Waals surface area contributed by atoms with Crippen LogP contribution in [0.25, 0.3) is 0 Å². The zero-order valence-electron chi connectivity index (χ0n) is 12.1. The van der Waals surface area contributed by atoms with Crippen molar-refractivity contribution >= 4 is 5.97 Å². The lowest BCUT2D eigenvalue weighted by Crippen LogP contribution is -2.56. The molecular weight excluding hydrogens is 240 g/mol. The predicted octanol–water partition coefficient (Wildman–Crippen LogP) is 2.80. The highest BCUT2D eigenvalue weighted by Gasteiger charge is 2.55. The quantitative estimate of drug-likeness (QED) is 0.849. The molecule has 0 bridgehead atoms. The summed E-state index contributed by atoms with van der Waals surface area (Å²) >= 11 is 0. The van der Waals surface area contributed by atoms with Gasteiger partial charge in [0.25, 0.3) is 0 Å². The minimum atomic E-state index is -0.917. The van der Waals surface area contributed by atoms with E-state index in [9.17, 15) is 9.90 Å². The minimum Gasteiger partial charge on any atom is -0.462 e. The van der Waals surface area contributed by atoms with Crippen molar-refractivity contribution in [2.24, 2.45) is 5.41 Å². The van der Waals surface area contributed by atoms with Gasteiger partial charge in [0.1, 0.15) is 11.7 Å². The largest absolute Gasteiger partial charge is 0.462 e. The summed E-state index contributed by atoms with van der Waals surface area (Å²) in [5.41, 5.74) is 0.711. The first-order valence-electron chi connectivity index (χ1n) is 6.81. The topological polar surface area (TPSA) is 46.5 Å². The van der Waals surface area contributed by atoms with Crippen LogP contribution in [0, 0.1) is 5.41 Å². The summed E-state index contributed by atoms with van der Waals surface area (Å²) in [6.07, 6.45) is 1.02. The molecule has 0 saturated carbocycles. The Morgan fingerprint density at radius 2 is 2.11 bits per heavy atom. The fraction of sp³-hybridized carbons (Fsp3) is 0.562. The average molecular weight is 262 g/mol. The summed E-state index contributed by atoms with van der Waals surface area (Å²) in [6.45, 7) is 7.33. The third-order valence-corrected chi connectivity index (χ3v) is 4.46. The monoisotopic (exact) mass is 262 g/mol. The molecule has 2 rings (SSSR count). The lowest BCUT2D eigenvalue weighted by Gasteiger charge is -2.52. The van der Waals surface area contributed by atoms with E-state index in [4.69, 9.17) is 4.74 Å². The van der Waals surface area contributed by atoms with Crippen LogP contribution in [-0.2, 0) is 21.6 Å². The molecule has 0 aromatic heterocycles. The molecule has 1 aliphatic rings. The van der Waals surface area contributed by atoms with E-state index < -0.39 is 11.0 Å². The second-order valence-electron chi connectivity index (χ2n) is 5.92. The van der Waals surface area contributed by atoms with E-state index >= 15 is 0 Å². The number of hydrogen-bond acceptors (Lipinski definition) is 3. The van der Waals surface area contributed by atoms with E-state index in [0.717, 1.165) is 5.56 Å². The van der Waals surface area contributed by atoms with Gasteiger partial charge in [-0.25, -0.2) is 0 Å². The number of aliphatic hydroxyl groups is 1. The Kier molecular flexibility index (Phi) is 3.43. The summed E-state index contributed by atoms with van der Waals surface area (Å²) in [7, 11) is 0. The van der Waals surface area contributed by atoms with Crippen LogP contribution in [0.5, 0.6) is 0 Å². The van der Waals surface area contributed by atoms with Gasteiger partial charge >= 0.3 is 5.97 Å². The molecule has 1 aromatic rings. The number of hydrogen-bond donors (Lipinski definition) is 1. The summed E-state index contributed by atoms with van der Waals surface area (Å²) in [6, 6.07) is 7.91. The fourth-order valence-corrected chi connectivity index (χ4v) is 3.12. The highest BCUT2D eigenvalue weighted by molar-refractivity contribution is 5.66. The number of ether oxygens (including phenoxy) is 1. The number of esters is 1. The first kappa shape index (κ1) is 14.1. The van der Waals surface area contributed by atoms with Gasteiger partial charge in [-0.05, 0) is 17.5 Å². The smallest absolute Gasteiger partial charge is 0.302 e. The van der Waals surface area contributed by atoms with Gasteiger partial charge in [0.05, 0.1) is 0 Å². The molecule has 0 radical (unpaired) electrons. The Bertz CT molecular complexity index is 493. The van der Waals surface area contributed by atoms with Gasteiger partial charge in [0.2, 0.25) is 0 Å². The Morgan fingerprint density at radius 1 is 1.47 bits per heavy atom. The molecule has 0 aliphatic heterocycles. The van der Waals surface area contributed by atoms with Crippen LogP contribution in [0.1, 0.15) is 45.2 Å². The Labute approximate surface area is 114 Å². The summed E-state index contributed by atoms with van der Waals surface area (Å²) in [5.74, 6) is -0.295. The van der Waals surface area contributed by atoms with Gasteiger partial charge in [0, 0.05) is 18.8 Å². The molecule has 104 valence electrons. The number of fused-ring (bicyclic) bond motifs is 1. The lowest BCUT2D eigenvalue weighted by molar-refractivity contribution is -0.179. The van der Waals surface area contributed by atoms with Crippen molar-refractivity contribution in [3.05, 3.63) is 35.4 Å². The highest BCUT2D eigenvalue weighted by atomic mass is 16.5. The van der Waals surface area contributed by atoms with Crippen molar-refractivity contribution in [1.82, 2.24) is 0 Å². The molecule has 19 heavy (non-hydrogen) atoms. The molecule has 0 heterocycles. The molecule has 0 fully saturated rings. The summed E-state index contributed by atoms with van der Waals surface area (Å²) in [5, 5.41) is 11.0. The molecule has 0 unspecified atom stereocenters. The molecule has 3 heteroatoms. The first-order valence-corrected chi connectivity index (χ1v) is 6.81. The van der Waals surface area contributed by atoms with Crippen LogP contribution in [0.15, 0.2) is 24.3 Å². The Balaban J connectivity index is 2.32. The van der Waals surface area contributed by atoms with Crippen molar-refractivity contribution in [1.29, 1.82) is 0 Å². The fourth-order valence-electron chi connectivity index (χ4n) is 3.12. The van der Waals surface area contributed by atoms with E-state index in [0.29, 0.717) is 12.8 Å². The van der Waals surface area contributed by atoms with Gasteiger partial charge in [-0.3, -0.25) is 4.79 Å². The van der Waals surface area contributed by atoms with Crippen molar-refractivity contribution < 1.29 is 14.6 Å². The van der Waals surface area contributed by atoms with E-state index in [1.807, 2.05) is 45.0 Å². The van der Waals surface area contributed by atoms with Gasteiger partial charge < -0.3 is 9.84 Å². The van der Waals surface area contributed by atoms with Crippen molar-refractivity contribution in [3.8, 4) is 0 Å². The average Bonchev–Trinajstić information content (AvgIpc) is 2.33. The molecule has 1 N–H and O–H groups in total. The number of carbonyl (C=O) groups excluding carboxylic acids is 1. The molecule has 0 saturated heterocycles. The zero-order valence-corrected chi connectivity index (χ0v) is 12.1. The number of benzene rings is 1. The van der Waals surface area contributed by atoms with Gasteiger partial charge in [-0.15, -0.1) is 0 Å². The van der Waals surface area contributed by atoms with Crippen LogP contribution < -0.4 is 0 Å². The molecule has 0 amide bonds. The predicted molar refractivity (Wildman–Crippen MR) is 73.7 cm³/mol. The summed E-state index contributed by atoms with van der Waals surface area (Å²) in [4.78, 5) is 11.2. The maximum absolute atomic E-state index is 11.2. The highest BCUT2D eigenvalue weighted by Crippen LogP contribution is 2.53. The molecular formula is C16H22O3. The second kappa shape index (κ2) is 4.64. The zero-order chi connectivity index (χ0) is 14.3. The van der Waals surface area contributed by atoms with Gasteiger partial charge in [-0.1, -0.05) is 45.0 Å². The van der Waals surface area contributed by atoms with Gasteiger partial charge in [-0.2, -0.15) is 0 Å². The molecule has 1 aliphatic carbocycles. The number of carbonyl (C=O) groups is 1. The first-order chi connectivity index (χ1) is 8.83. The van der Waals surface area contributed by atoms with Crippen LogP contribution in [0.2, 0.25) is 0 Å². The van der Waals surface area contributed by atoms with E-state index in [-0.39, 0.29) is 12.1 Å². The van der Waals surface area contributed by atoms with Crippen molar-refractivity contribution in [2.45, 2.75) is 52.2 Å². The normalized spacial score (nSPS) is 23.2. The van der Waals surface area contributed by atoms with E-state index in [1.54, 1.807) is 0 Å². The van der Waals surface area contributed by atoms with Crippen LogP contribution in [0.3, 0.4) is 0 Å². The Hall–Kier alpha value is -1.35. The minimum absolute atomic E-state index is 0.289. The van der Waals surface area contributed by atoms with E-state index in [2.05, 4.69) is 0 Å². The molecule has 0 spiro atoms. The van der Waals surface area contributed by atoms with Crippen molar-refractivity contribution in [3.63, 3.8) is 0 Å².